The van der Waals surface area contributed by atoms with Crippen molar-refractivity contribution in [2.75, 3.05) is 5.73 Å². The van der Waals surface area contributed by atoms with Gasteiger partial charge in [-0.3, -0.25) is 0 Å². The third-order valence-electron chi connectivity index (χ3n) is 4.72. The summed E-state index contributed by atoms with van der Waals surface area (Å²) in [5.74, 6) is 0.0669. The summed E-state index contributed by atoms with van der Waals surface area (Å²) in [6, 6.07) is 18.5. The highest BCUT2D eigenvalue weighted by molar-refractivity contribution is 6.36. The predicted octanol–water partition coefficient (Wildman–Crippen LogP) is 5.96. The highest BCUT2D eigenvalue weighted by atomic mass is 35.5. The van der Waals surface area contributed by atoms with E-state index in [1.807, 2.05) is 18.2 Å². The maximum absolute atomic E-state index is 13.4. The summed E-state index contributed by atoms with van der Waals surface area (Å²) in [6.07, 6.45) is 0. The quantitative estimate of drug-likeness (QED) is 0.385. The Hall–Kier alpha value is -2.99. The Kier molecular flexibility index (Phi) is 5.68. The lowest BCUT2D eigenvalue weighted by Gasteiger charge is -2.17. The molecule has 0 saturated heterocycles. The van der Waals surface area contributed by atoms with Gasteiger partial charge in [0.25, 0.3) is 0 Å². The maximum atomic E-state index is 13.4. The molecule has 0 saturated carbocycles. The standard InChI is InChI=1S/C23H17Cl2FN4/c24-14-7-10-16(19(25)11-14)21-18(12-27)22(17-3-1-2-4-20(17)28)30-23(29-21)13-5-8-15(26)9-6-13/h1-11H,12,27-28H2. The molecule has 4 rings (SSSR count). The van der Waals surface area contributed by atoms with E-state index in [1.54, 1.807) is 36.4 Å². The van der Waals surface area contributed by atoms with E-state index in [-0.39, 0.29) is 12.4 Å². The number of benzene rings is 3. The minimum absolute atomic E-state index is 0.168. The smallest absolute Gasteiger partial charge is 0.160 e. The first-order valence-corrected chi connectivity index (χ1v) is 9.90. The van der Waals surface area contributed by atoms with Gasteiger partial charge in [-0.1, -0.05) is 41.4 Å². The van der Waals surface area contributed by atoms with E-state index in [9.17, 15) is 4.39 Å². The summed E-state index contributed by atoms with van der Waals surface area (Å²) in [7, 11) is 0. The molecule has 1 heterocycles. The molecule has 0 atom stereocenters. The lowest BCUT2D eigenvalue weighted by Crippen LogP contribution is -2.08. The van der Waals surface area contributed by atoms with Crippen molar-refractivity contribution < 1.29 is 4.39 Å². The molecule has 0 spiro atoms. The molecule has 0 amide bonds. The summed E-state index contributed by atoms with van der Waals surface area (Å²) < 4.78 is 13.4. The zero-order valence-corrected chi connectivity index (χ0v) is 17.3. The van der Waals surface area contributed by atoms with Gasteiger partial charge in [-0.25, -0.2) is 14.4 Å². The maximum Gasteiger partial charge on any atom is 0.160 e. The number of aromatic nitrogens is 2. The Morgan fingerprint density at radius 2 is 1.50 bits per heavy atom. The second-order valence-electron chi connectivity index (χ2n) is 6.65. The molecule has 0 aliphatic carbocycles. The van der Waals surface area contributed by atoms with Gasteiger partial charge in [0.15, 0.2) is 5.82 Å². The van der Waals surface area contributed by atoms with Gasteiger partial charge in [0.2, 0.25) is 0 Å². The van der Waals surface area contributed by atoms with Crippen LogP contribution in [0.15, 0.2) is 66.7 Å². The van der Waals surface area contributed by atoms with Crippen LogP contribution in [0.3, 0.4) is 0 Å². The normalized spacial score (nSPS) is 10.9. The first-order valence-electron chi connectivity index (χ1n) is 9.15. The number of nitrogen functional groups attached to an aromatic ring is 1. The molecule has 1 aromatic heterocycles. The Bertz CT molecular complexity index is 1230. The molecule has 0 fully saturated rings. The molecule has 3 aromatic carbocycles. The zero-order chi connectivity index (χ0) is 21.3. The van der Waals surface area contributed by atoms with Crippen molar-refractivity contribution in [1.29, 1.82) is 0 Å². The monoisotopic (exact) mass is 438 g/mol. The summed E-state index contributed by atoms with van der Waals surface area (Å²) in [4.78, 5) is 9.48. The fraction of sp³-hybridized carbons (Fsp3) is 0.0435. The topological polar surface area (TPSA) is 77.8 Å². The van der Waals surface area contributed by atoms with E-state index in [0.29, 0.717) is 49.6 Å². The van der Waals surface area contributed by atoms with Crippen LogP contribution in [-0.2, 0) is 6.54 Å². The van der Waals surface area contributed by atoms with E-state index < -0.39 is 0 Å². The molecule has 7 heteroatoms. The van der Waals surface area contributed by atoms with E-state index in [4.69, 9.17) is 44.6 Å². The molecule has 4 nitrogen and oxygen atoms in total. The molecule has 4 N–H and O–H groups in total. The van der Waals surface area contributed by atoms with Crippen molar-refractivity contribution >= 4 is 28.9 Å². The molecule has 0 aliphatic heterocycles. The lowest BCUT2D eigenvalue weighted by atomic mass is 9.98. The molecule has 150 valence electrons. The molecular weight excluding hydrogens is 422 g/mol. The number of rotatable bonds is 4. The fourth-order valence-corrected chi connectivity index (χ4v) is 3.74. The van der Waals surface area contributed by atoms with Gasteiger partial charge in [0, 0.05) is 39.5 Å². The average Bonchev–Trinajstić information content (AvgIpc) is 2.74. The van der Waals surface area contributed by atoms with Crippen LogP contribution in [0, 0.1) is 5.82 Å². The van der Waals surface area contributed by atoms with Crippen LogP contribution in [0.2, 0.25) is 10.0 Å². The highest BCUT2D eigenvalue weighted by Crippen LogP contribution is 2.37. The number of nitrogens with zero attached hydrogens (tertiary/aromatic N) is 2. The molecule has 0 aliphatic rings. The third-order valence-corrected chi connectivity index (χ3v) is 5.26. The van der Waals surface area contributed by atoms with Crippen LogP contribution in [0.4, 0.5) is 10.1 Å². The minimum Gasteiger partial charge on any atom is -0.398 e. The molecule has 0 radical (unpaired) electrons. The number of para-hydroxylation sites is 1. The van der Waals surface area contributed by atoms with Gasteiger partial charge in [-0.05, 0) is 48.5 Å². The summed E-state index contributed by atoms with van der Waals surface area (Å²) >= 11 is 12.6. The molecule has 0 unspecified atom stereocenters. The lowest BCUT2D eigenvalue weighted by molar-refractivity contribution is 0.628. The van der Waals surface area contributed by atoms with Gasteiger partial charge in [-0.15, -0.1) is 0 Å². The second-order valence-corrected chi connectivity index (χ2v) is 7.49. The van der Waals surface area contributed by atoms with Crippen molar-refractivity contribution in [3.05, 3.63) is 88.2 Å². The van der Waals surface area contributed by atoms with Crippen LogP contribution in [0.5, 0.6) is 0 Å². The SMILES string of the molecule is NCc1c(-c2ccccc2N)nc(-c2ccc(F)cc2)nc1-c1ccc(Cl)cc1Cl. The van der Waals surface area contributed by atoms with E-state index in [2.05, 4.69) is 0 Å². The average molecular weight is 439 g/mol. The number of anilines is 1. The van der Waals surface area contributed by atoms with E-state index in [0.717, 1.165) is 5.56 Å². The fourth-order valence-electron chi connectivity index (χ4n) is 3.25. The number of hydrogen-bond donors (Lipinski definition) is 2. The molecule has 0 bridgehead atoms. The molecular formula is C23H17Cl2FN4. The predicted molar refractivity (Wildman–Crippen MR) is 121 cm³/mol. The summed E-state index contributed by atoms with van der Waals surface area (Å²) in [5, 5.41) is 0.950. The van der Waals surface area contributed by atoms with Crippen molar-refractivity contribution in [2.24, 2.45) is 5.73 Å². The Morgan fingerprint density at radius 1 is 0.833 bits per heavy atom. The largest absolute Gasteiger partial charge is 0.398 e. The van der Waals surface area contributed by atoms with Crippen LogP contribution in [0.1, 0.15) is 5.56 Å². The Morgan fingerprint density at radius 3 is 2.13 bits per heavy atom. The van der Waals surface area contributed by atoms with Crippen molar-refractivity contribution in [1.82, 2.24) is 9.97 Å². The van der Waals surface area contributed by atoms with E-state index in [1.165, 1.54) is 12.1 Å². The number of halogens is 3. The van der Waals surface area contributed by atoms with Gasteiger partial charge in [0.1, 0.15) is 5.82 Å². The van der Waals surface area contributed by atoms with Crippen LogP contribution in [-0.4, -0.2) is 9.97 Å². The molecule has 30 heavy (non-hydrogen) atoms. The third kappa shape index (κ3) is 3.87. The number of hydrogen-bond acceptors (Lipinski definition) is 4. The van der Waals surface area contributed by atoms with Crippen LogP contribution < -0.4 is 11.5 Å². The Balaban J connectivity index is 2.05. The second kappa shape index (κ2) is 8.40. The summed E-state index contributed by atoms with van der Waals surface area (Å²) in [5.41, 5.74) is 16.8. The highest BCUT2D eigenvalue weighted by Gasteiger charge is 2.20. The van der Waals surface area contributed by atoms with Gasteiger partial charge >= 0.3 is 0 Å². The van der Waals surface area contributed by atoms with Gasteiger partial charge in [0.05, 0.1) is 16.4 Å². The van der Waals surface area contributed by atoms with Crippen molar-refractivity contribution in [3.8, 4) is 33.9 Å². The molecule has 4 aromatic rings. The first kappa shape index (κ1) is 20.3. The van der Waals surface area contributed by atoms with Gasteiger partial charge in [-0.2, -0.15) is 0 Å². The van der Waals surface area contributed by atoms with Gasteiger partial charge < -0.3 is 11.5 Å². The van der Waals surface area contributed by atoms with Crippen LogP contribution in [0.25, 0.3) is 33.9 Å². The van der Waals surface area contributed by atoms with Crippen LogP contribution >= 0.6 is 23.2 Å². The zero-order valence-electron chi connectivity index (χ0n) is 15.7. The Labute approximate surface area is 183 Å². The summed E-state index contributed by atoms with van der Waals surface area (Å²) in [6.45, 7) is 0.168. The van der Waals surface area contributed by atoms with Crippen molar-refractivity contribution in [2.45, 2.75) is 6.54 Å². The first-order chi connectivity index (χ1) is 14.5. The number of nitrogens with two attached hydrogens (primary N) is 2. The minimum atomic E-state index is -0.342. The van der Waals surface area contributed by atoms with Crippen molar-refractivity contribution in [3.63, 3.8) is 0 Å². The van der Waals surface area contributed by atoms with E-state index >= 15 is 0 Å².